The molecule has 0 bridgehead atoms. The number of carbonyl (C=O) groups excluding carboxylic acids is 1. The number of hydrogen-bond acceptors (Lipinski definition) is 4. The molecule has 5 N–H and O–H groups in total. The highest BCUT2D eigenvalue weighted by molar-refractivity contribution is 5.75. The second kappa shape index (κ2) is 6.01. The molecule has 2 atom stereocenters. The summed E-state index contributed by atoms with van der Waals surface area (Å²) in [6.45, 7) is 3.12. The molecule has 0 aromatic carbocycles. The number of rotatable bonds is 5. The van der Waals surface area contributed by atoms with E-state index in [1.165, 1.54) is 6.92 Å². The first kappa shape index (κ1) is 14.7. The van der Waals surface area contributed by atoms with Crippen LogP contribution in [0.4, 0.5) is 4.79 Å². The van der Waals surface area contributed by atoms with Crippen molar-refractivity contribution in [3.05, 3.63) is 0 Å². The van der Waals surface area contributed by atoms with E-state index in [0.29, 0.717) is 25.6 Å². The topological polar surface area (TPSA) is 116 Å². The van der Waals surface area contributed by atoms with E-state index in [4.69, 9.17) is 10.8 Å². The summed E-state index contributed by atoms with van der Waals surface area (Å²) in [5.41, 5.74) is 4.09. The van der Waals surface area contributed by atoms with Crippen LogP contribution in [0.15, 0.2) is 0 Å². The van der Waals surface area contributed by atoms with Crippen LogP contribution in [0.3, 0.4) is 0 Å². The molecule has 7 nitrogen and oxygen atoms in total. The van der Waals surface area contributed by atoms with Crippen LogP contribution < -0.4 is 11.1 Å². The number of amides is 2. The lowest BCUT2D eigenvalue weighted by atomic mass is 10.0. The van der Waals surface area contributed by atoms with Crippen molar-refractivity contribution < 1.29 is 19.8 Å². The Bertz CT molecular complexity index is 319. The first-order chi connectivity index (χ1) is 8.34. The second-order valence-electron chi connectivity index (χ2n) is 5.06. The smallest absolute Gasteiger partial charge is 0.317 e. The van der Waals surface area contributed by atoms with E-state index in [1.54, 1.807) is 4.90 Å². The predicted molar refractivity (Wildman–Crippen MR) is 65.0 cm³/mol. The number of hydrogen-bond donors (Lipinski definition) is 4. The molecule has 1 rings (SSSR count). The number of nitrogens with zero attached hydrogens (tertiary/aromatic N) is 1. The molecule has 7 heteroatoms. The third-order valence-electron chi connectivity index (χ3n) is 3.06. The van der Waals surface area contributed by atoms with Gasteiger partial charge in [-0.15, -0.1) is 0 Å². The average Bonchev–Trinajstić information content (AvgIpc) is 2.72. The van der Waals surface area contributed by atoms with E-state index in [0.717, 1.165) is 6.42 Å². The van der Waals surface area contributed by atoms with Gasteiger partial charge in [0.05, 0.1) is 12.0 Å². The molecule has 1 fully saturated rings. The molecule has 0 saturated carbocycles. The molecule has 0 aliphatic carbocycles. The number of carbonyl (C=O) groups is 2. The molecule has 1 saturated heterocycles. The number of aliphatic hydroxyl groups is 1. The quantitative estimate of drug-likeness (QED) is 0.516. The lowest BCUT2D eigenvalue weighted by Crippen LogP contribution is -2.46. The average molecular weight is 259 g/mol. The molecule has 104 valence electrons. The van der Waals surface area contributed by atoms with Crippen molar-refractivity contribution in [2.24, 2.45) is 11.7 Å². The number of nitrogens with two attached hydrogens (primary N) is 1. The third kappa shape index (κ3) is 4.50. The number of aliphatic carboxylic acids is 1. The van der Waals surface area contributed by atoms with Crippen LogP contribution >= 0.6 is 0 Å². The minimum atomic E-state index is -1.44. The molecular formula is C11H21N3O4. The molecule has 0 aromatic rings. The summed E-state index contributed by atoms with van der Waals surface area (Å²) in [7, 11) is 0. The van der Waals surface area contributed by atoms with Gasteiger partial charge in [0.2, 0.25) is 0 Å². The highest BCUT2D eigenvalue weighted by Crippen LogP contribution is 2.15. The minimum Gasteiger partial charge on any atom is -0.481 e. The molecule has 2 unspecified atom stereocenters. The normalized spacial score (nSPS) is 22.6. The molecule has 1 aliphatic heterocycles. The summed E-state index contributed by atoms with van der Waals surface area (Å²) < 4.78 is 0. The molecule has 1 heterocycles. The maximum Gasteiger partial charge on any atom is 0.317 e. The zero-order chi connectivity index (χ0) is 13.8. The molecule has 0 radical (unpaired) electrons. The van der Waals surface area contributed by atoms with Crippen LogP contribution in [0.5, 0.6) is 0 Å². The summed E-state index contributed by atoms with van der Waals surface area (Å²) in [4.78, 5) is 23.9. The number of carboxylic acid groups (broad SMARTS) is 1. The SMILES string of the molecule is CC(O)(CNC(=O)N1CCC(CN)C1)CC(=O)O. The van der Waals surface area contributed by atoms with Crippen molar-refractivity contribution in [1.82, 2.24) is 10.2 Å². The summed E-state index contributed by atoms with van der Waals surface area (Å²) in [6.07, 6.45) is 0.480. The second-order valence-corrected chi connectivity index (χ2v) is 5.06. The Morgan fingerprint density at radius 1 is 1.56 bits per heavy atom. The Kier molecular flexibility index (Phi) is 4.92. The standard InChI is InChI=1S/C11H21N3O4/c1-11(18,4-9(15)16)7-13-10(17)14-3-2-8(5-12)6-14/h8,18H,2-7,12H2,1H3,(H,13,17)(H,15,16). The van der Waals surface area contributed by atoms with Gasteiger partial charge in [0.25, 0.3) is 0 Å². The zero-order valence-electron chi connectivity index (χ0n) is 10.6. The summed E-state index contributed by atoms with van der Waals surface area (Å²) >= 11 is 0. The first-order valence-corrected chi connectivity index (χ1v) is 6.01. The lowest BCUT2D eigenvalue weighted by molar-refractivity contribution is -0.141. The van der Waals surface area contributed by atoms with E-state index >= 15 is 0 Å². The van der Waals surface area contributed by atoms with Gasteiger partial charge in [-0.2, -0.15) is 0 Å². The summed E-state index contributed by atoms with van der Waals surface area (Å²) in [5, 5.41) is 20.9. The number of likely N-dealkylation sites (tertiary alicyclic amines) is 1. The van der Waals surface area contributed by atoms with Crippen LogP contribution in [-0.2, 0) is 4.79 Å². The summed E-state index contributed by atoms with van der Waals surface area (Å²) in [5.74, 6) is -0.770. The fraction of sp³-hybridized carbons (Fsp3) is 0.818. The van der Waals surface area contributed by atoms with Crippen molar-refractivity contribution in [3.63, 3.8) is 0 Å². The van der Waals surface area contributed by atoms with Crippen molar-refractivity contribution in [1.29, 1.82) is 0 Å². The third-order valence-corrected chi connectivity index (χ3v) is 3.06. The molecule has 18 heavy (non-hydrogen) atoms. The number of urea groups is 1. The van der Waals surface area contributed by atoms with Crippen molar-refractivity contribution in [2.75, 3.05) is 26.2 Å². The fourth-order valence-electron chi connectivity index (χ4n) is 1.98. The van der Waals surface area contributed by atoms with E-state index in [-0.39, 0.29) is 12.6 Å². The Morgan fingerprint density at radius 2 is 2.22 bits per heavy atom. The molecule has 0 spiro atoms. The van der Waals surface area contributed by atoms with Crippen LogP contribution in [0.2, 0.25) is 0 Å². The molecular weight excluding hydrogens is 238 g/mol. The summed E-state index contributed by atoms with van der Waals surface area (Å²) in [6, 6.07) is -0.281. The van der Waals surface area contributed by atoms with Crippen LogP contribution in [-0.4, -0.2) is 58.9 Å². The largest absolute Gasteiger partial charge is 0.481 e. The van der Waals surface area contributed by atoms with Gasteiger partial charge >= 0.3 is 12.0 Å². The van der Waals surface area contributed by atoms with Crippen molar-refractivity contribution >= 4 is 12.0 Å². The monoisotopic (exact) mass is 259 g/mol. The Morgan fingerprint density at radius 3 is 2.72 bits per heavy atom. The van der Waals surface area contributed by atoms with Gasteiger partial charge in [0, 0.05) is 19.6 Å². The molecule has 0 aromatic heterocycles. The minimum absolute atomic E-state index is 0.0814. The van der Waals surface area contributed by atoms with Gasteiger partial charge in [-0.25, -0.2) is 4.79 Å². The van der Waals surface area contributed by atoms with Crippen LogP contribution in [0.25, 0.3) is 0 Å². The van der Waals surface area contributed by atoms with E-state index < -0.39 is 18.0 Å². The maximum absolute atomic E-state index is 11.8. The lowest BCUT2D eigenvalue weighted by Gasteiger charge is -2.24. The fourth-order valence-corrected chi connectivity index (χ4v) is 1.98. The first-order valence-electron chi connectivity index (χ1n) is 6.01. The van der Waals surface area contributed by atoms with Gasteiger partial charge in [-0.3, -0.25) is 4.79 Å². The van der Waals surface area contributed by atoms with E-state index in [1.807, 2.05) is 0 Å². The van der Waals surface area contributed by atoms with Crippen LogP contribution in [0.1, 0.15) is 19.8 Å². The van der Waals surface area contributed by atoms with Gasteiger partial charge in [0.1, 0.15) is 0 Å². The highest BCUT2D eigenvalue weighted by atomic mass is 16.4. The Hall–Kier alpha value is -1.34. The highest BCUT2D eigenvalue weighted by Gasteiger charge is 2.28. The van der Waals surface area contributed by atoms with Gasteiger partial charge in [-0.1, -0.05) is 0 Å². The Labute approximate surface area is 106 Å². The van der Waals surface area contributed by atoms with Crippen molar-refractivity contribution in [3.8, 4) is 0 Å². The van der Waals surface area contributed by atoms with Gasteiger partial charge < -0.3 is 26.2 Å². The Balaban J connectivity index is 2.35. The maximum atomic E-state index is 11.8. The van der Waals surface area contributed by atoms with Crippen molar-refractivity contribution in [2.45, 2.75) is 25.4 Å². The van der Waals surface area contributed by atoms with E-state index in [2.05, 4.69) is 5.32 Å². The van der Waals surface area contributed by atoms with Gasteiger partial charge in [-0.05, 0) is 25.8 Å². The zero-order valence-corrected chi connectivity index (χ0v) is 10.6. The molecule has 2 amide bonds. The number of nitrogens with one attached hydrogen (secondary N) is 1. The van der Waals surface area contributed by atoms with Crippen LogP contribution in [0, 0.1) is 5.92 Å². The van der Waals surface area contributed by atoms with E-state index in [9.17, 15) is 14.7 Å². The van der Waals surface area contributed by atoms with Gasteiger partial charge in [0.15, 0.2) is 0 Å². The number of carboxylic acids is 1. The predicted octanol–water partition coefficient (Wildman–Crippen LogP) is -0.798. The molecule has 1 aliphatic rings.